The maximum absolute atomic E-state index is 12.3. The molecule has 168 valence electrons. The highest BCUT2D eigenvalue weighted by molar-refractivity contribution is 6.02. The van der Waals surface area contributed by atoms with Crippen LogP contribution in [0.2, 0.25) is 0 Å². The smallest absolute Gasteiger partial charge is 0.248 e. The summed E-state index contributed by atoms with van der Waals surface area (Å²) in [5, 5.41) is 6.76. The number of carbonyl (C=O) groups excluding carboxylic acids is 1. The Hall–Kier alpha value is -4.33. The number of nitrogens with zero attached hydrogens (tertiary/aromatic N) is 2. The molecule has 8 nitrogen and oxygen atoms in total. The third kappa shape index (κ3) is 5.30. The average molecular weight is 445 g/mol. The van der Waals surface area contributed by atoms with E-state index in [1.807, 2.05) is 32.0 Å². The van der Waals surface area contributed by atoms with Gasteiger partial charge in [0.2, 0.25) is 5.91 Å². The molecule has 4 rings (SSSR count). The lowest BCUT2D eigenvalue weighted by Gasteiger charge is -2.11. The van der Waals surface area contributed by atoms with Gasteiger partial charge in [0.1, 0.15) is 12.4 Å². The van der Waals surface area contributed by atoms with Crippen molar-refractivity contribution in [2.45, 2.75) is 20.5 Å². The molecule has 0 fully saturated rings. The van der Waals surface area contributed by atoms with Crippen molar-refractivity contribution in [1.29, 1.82) is 0 Å². The molecule has 0 unspecified atom stereocenters. The standard InChI is InChI=1S/C25H23N3O5/c1-16-21(17(2)33-28-16)14-31-22-10-4-18(12-23(22)30-3)5-11-25(29)27-20-8-6-19(7-9-20)24-13-26-15-32-24/h4-13,15H,14H2,1-3H3,(H,27,29)/b11-5+. The van der Waals surface area contributed by atoms with Crippen LogP contribution in [0.25, 0.3) is 17.4 Å². The van der Waals surface area contributed by atoms with Crippen LogP contribution in [0.5, 0.6) is 11.5 Å². The predicted molar refractivity (Wildman–Crippen MR) is 123 cm³/mol. The number of oxazole rings is 1. The van der Waals surface area contributed by atoms with Crippen molar-refractivity contribution >= 4 is 17.7 Å². The molecular weight excluding hydrogens is 422 g/mol. The van der Waals surface area contributed by atoms with Gasteiger partial charge in [-0.3, -0.25) is 4.79 Å². The third-order valence-electron chi connectivity index (χ3n) is 5.04. The molecule has 0 saturated heterocycles. The first-order valence-corrected chi connectivity index (χ1v) is 10.2. The fourth-order valence-electron chi connectivity index (χ4n) is 3.20. The van der Waals surface area contributed by atoms with E-state index in [0.29, 0.717) is 29.6 Å². The van der Waals surface area contributed by atoms with Crippen LogP contribution in [0.4, 0.5) is 5.69 Å². The van der Waals surface area contributed by atoms with Gasteiger partial charge in [-0.25, -0.2) is 4.98 Å². The molecule has 0 aliphatic heterocycles. The van der Waals surface area contributed by atoms with Gasteiger partial charge in [0, 0.05) is 17.3 Å². The van der Waals surface area contributed by atoms with Gasteiger partial charge < -0.3 is 23.7 Å². The highest BCUT2D eigenvalue weighted by Crippen LogP contribution is 2.30. The summed E-state index contributed by atoms with van der Waals surface area (Å²) < 4.78 is 21.8. The van der Waals surface area contributed by atoms with E-state index in [-0.39, 0.29) is 5.91 Å². The monoisotopic (exact) mass is 445 g/mol. The lowest BCUT2D eigenvalue weighted by Crippen LogP contribution is -2.07. The molecule has 2 aromatic carbocycles. The summed E-state index contributed by atoms with van der Waals surface area (Å²) >= 11 is 0. The van der Waals surface area contributed by atoms with Crippen LogP contribution in [0.3, 0.4) is 0 Å². The van der Waals surface area contributed by atoms with Gasteiger partial charge in [-0.1, -0.05) is 11.2 Å². The number of rotatable bonds is 8. The first-order chi connectivity index (χ1) is 16.0. The lowest BCUT2D eigenvalue weighted by atomic mass is 10.1. The second-order valence-electron chi connectivity index (χ2n) is 7.27. The zero-order valence-electron chi connectivity index (χ0n) is 18.5. The Labute approximate surface area is 190 Å². The number of anilines is 1. The van der Waals surface area contributed by atoms with Crippen molar-refractivity contribution in [3.63, 3.8) is 0 Å². The summed E-state index contributed by atoms with van der Waals surface area (Å²) in [6, 6.07) is 12.8. The second kappa shape index (κ2) is 9.86. The Balaban J connectivity index is 1.37. The van der Waals surface area contributed by atoms with Crippen molar-refractivity contribution < 1.29 is 23.2 Å². The van der Waals surface area contributed by atoms with Crippen molar-refractivity contribution in [3.8, 4) is 22.8 Å². The molecule has 0 saturated carbocycles. The van der Waals surface area contributed by atoms with Crippen LogP contribution in [-0.4, -0.2) is 23.2 Å². The maximum atomic E-state index is 12.3. The van der Waals surface area contributed by atoms with Crippen LogP contribution >= 0.6 is 0 Å². The molecule has 0 atom stereocenters. The number of ether oxygens (including phenoxy) is 2. The minimum absolute atomic E-state index is 0.250. The molecule has 0 aliphatic rings. The van der Waals surface area contributed by atoms with Crippen molar-refractivity contribution in [2.24, 2.45) is 0 Å². The fraction of sp³-hybridized carbons (Fsp3) is 0.160. The molecule has 8 heteroatoms. The zero-order chi connectivity index (χ0) is 23.2. The number of amides is 1. The van der Waals surface area contributed by atoms with Crippen molar-refractivity contribution in [1.82, 2.24) is 10.1 Å². The topological polar surface area (TPSA) is 99.6 Å². The number of carbonyl (C=O) groups is 1. The summed E-state index contributed by atoms with van der Waals surface area (Å²) in [7, 11) is 1.57. The number of aromatic nitrogens is 2. The first kappa shape index (κ1) is 21.9. The van der Waals surface area contributed by atoms with E-state index in [1.165, 1.54) is 12.5 Å². The number of methoxy groups -OCH3 is 1. The van der Waals surface area contributed by atoms with Gasteiger partial charge in [0.25, 0.3) is 0 Å². The van der Waals surface area contributed by atoms with Crippen molar-refractivity contribution in [2.75, 3.05) is 12.4 Å². The molecule has 2 heterocycles. The molecule has 2 aromatic heterocycles. The Kier molecular flexibility index (Phi) is 6.54. The highest BCUT2D eigenvalue weighted by atomic mass is 16.5. The zero-order valence-corrected chi connectivity index (χ0v) is 18.5. The Morgan fingerprint density at radius 3 is 2.61 bits per heavy atom. The van der Waals surface area contributed by atoms with E-state index < -0.39 is 0 Å². The van der Waals surface area contributed by atoms with Gasteiger partial charge in [0.15, 0.2) is 23.7 Å². The van der Waals surface area contributed by atoms with Crippen LogP contribution in [0.15, 0.2) is 70.1 Å². The molecule has 0 radical (unpaired) electrons. The minimum Gasteiger partial charge on any atom is -0.493 e. The van der Waals surface area contributed by atoms with Crippen LogP contribution in [0, 0.1) is 13.8 Å². The molecule has 0 spiro atoms. The Morgan fingerprint density at radius 2 is 1.94 bits per heavy atom. The summed E-state index contributed by atoms with van der Waals surface area (Å²) in [5.74, 6) is 2.30. The molecule has 0 bridgehead atoms. The van der Waals surface area contributed by atoms with Gasteiger partial charge in [0.05, 0.1) is 24.6 Å². The van der Waals surface area contributed by atoms with Gasteiger partial charge in [-0.05, 0) is 61.9 Å². The number of hydrogen-bond donors (Lipinski definition) is 1. The van der Waals surface area contributed by atoms with Crippen LogP contribution in [-0.2, 0) is 11.4 Å². The lowest BCUT2D eigenvalue weighted by molar-refractivity contribution is -0.111. The molecule has 0 aliphatic carbocycles. The van der Waals surface area contributed by atoms with Gasteiger partial charge >= 0.3 is 0 Å². The molecule has 4 aromatic rings. The largest absolute Gasteiger partial charge is 0.493 e. The van der Waals surface area contributed by atoms with Crippen LogP contribution in [0.1, 0.15) is 22.6 Å². The van der Waals surface area contributed by atoms with Crippen LogP contribution < -0.4 is 14.8 Å². The van der Waals surface area contributed by atoms with E-state index in [2.05, 4.69) is 15.5 Å². The van der Waals surface area contributed by atoms with E-state index in [9.17, 15) is 4.79 Å². The predicted octanol–water partition coefficient (Wildman–Crippen LogP) is 5.19. The van der Waals surface area contributed by atoms with E-state index in [4.69, 9.17) is 18.4 Å². The quantitative estimate of drug-likeness (QED) is 0.373. The fourth-order valence-corrected chi connectivity index (χ4v) is 3.20. The molecule has 1 amide bonds. The Bertz CT molecular complexity index is 1240. The van der Waals surface area contributed by atoms with Gasteiger partial charge in [-0.15, -0.1) is 0 Å². The molecule has 1 N–H and O–H groups in total. The van der Waals surface area contributed by atoms with E-state index in [0.717, 1.165) is 28.1 Å². The molecular formula is C25H23N3O5. The van der Waals surface area contributed by atoms with E-state index >= 15 is 0 Å². The normalized spacial score (nSPS) is 11.0. The Morgan fingerprint density at radius 1 is 1.12 bits per heavy atom. The number of benzene rings is 2. The summed E-state index contributed by atoms with van der Waals surface area (Å²) in [4.78, 5) is 16.2. The second-order valence-corrected chi connectivity index (χ2v) is 7.27. The first-order valence-electron chi connectivity index (χ1n) is 10.2. The van der Waals surface area contributed by atoms with E-state index in [1.54, 1.807) is 43.6 Å². The van der Waals surface area contributed by atoms with Crippen molar-refractivity contribution in [3.05, 3.63) is 83.7 Å². The third-order valence-corrected chi connectivity index (χ3v) is 5.04. The summed E-state index contributed by atoms with van der Waals surface area (Å²) in [6.07, 6.45) is 6.18. The highest BCUT2D eigenvalue weighted by Gasteiger charge is 2.12. The minimum atomic E-state index is -0.250. The average Bonchev–Trinajstić information content (AvgIpc) is 3.47. The number of hydrogen-bond acceptors (Lipinski definition) is 7. The summed E-state index contributed by atoms with van der Waals surface area (Å²) in [5.41, 5.74) is 4.06. The van der Waals surface area contributed by atoms with Gasteiger partial charge in [-0.2, -0.15) is 0 Å². The number of aryl methyl sites for hydroxylation is 2. The maximum Gasteiger partial charge on any atom is 0.248 e. The SMILES string of the molecule is COc1cc(/C=C/C(=O)Nc2ccc(-c3cnco3)cc2)ccc1OCc1c(C)noc1C. The summed E-state index contributed by atoms with van der Waals surface area (Å²) in [6.45, 7) is 4.04. The molecule has 33 heavy (non-hydrogen) atoms. The number of nitrogens with one attached hydrogen (secondary N) is 1.